The summed E-state index contributed by atoms with van der Waals surface area (Å²) in [5.41, 5.74) is 0. The van der Waals surface area contributed by atoms with Gasteiger partial charge in [-0.3, -0.25) is 4.79 Å². The Hall–Kier alpha value is -2.51. The van der Waals surface area contributed by atoms with Crippen molar-refractivity contribution < 1.29 is 4.79 Å². The summed E-state index contributed by atoms with van der Waals surface area (Å²) in [5, 5.41) is 12.5. The van der Waals surface area contributed by atoms with Crippen LogP contribution in [0.3, 0.4) is 0 Å². The molecule has 1 amide bonds. The van der Waals surface area contributed by atoms with Crippen LogP contribution in [0.5, 0.6) is 0 Å². The summed E-state index contributed by atoms with van der Waals surface area (Å²) >= 11 is 0. The van der Waals surface area contributed by atoms with Crippen molar-refractivity contribution in [2.24, 2.45) is 5.92 Å². The lowest BCUT2D eigenvalue weighted by molar-refractivity contribution is -0.135. The first-order valence-corrected chi connectivity index (χ1v) is 8.54. The van der Waals surface area contributed by atoms with Crippen LogP contribution < -0.4 is 4.90 Å². The Morgan fingerprint density at radius 3 is 2.33 bits per heavy atom. The van der Waals surface area contributed by atoms with Gasteiger partial charge in [0, 0.05) is 32.1 Å². The van der Waals surface area contributed by atoms with E-state index in [-0.39, 0.29) is 5.92 Å². The number of carbonyl (C=O) groups excluding carboxylic acids is 1. The molecule has 0 aliphatic carbocycles. The largest absolute Gasteiger partial charge is 0.355 e. The minimum atomic E-state index is 0.168. The van der Waals surface area contributed by atoms with E-state index in [1.165, 1.54) is 6.33 Å². The zero-order valence-electron chi connectivity index (χ0n) is 13.6. The lowest BCUT2D eigenvalue weighted by Crippen LogP contribution is -2.42. The summed E-state index contributed by atoms with van der Waals surface area (Å²) in [6, 6.07) is 3.84. The third-order valence-electron chi connectivity index (χ3n) is 4.88. The predicted octanol–water partition coefficient (Wildman–Crippen LogP) is 0.896. The fraction of sp³-hybridized carbons (Fsp3) is 0.562. The quantitative estimate of drug-likeness (QED) is 0.833. The zero-order valence-corrected chi connectivity index (χ0v) is 13.6. The van der Waals surface area contributed by atoms with Crippen LogP contribution in [-0.4, -0.2) is 61.9 Å². The Morgan fingerprint density at radius 1 is 1.00 bits per heavy atom. The van der Waals surface area contributed by atoms with E-state index < -0.39 is 0 Å². The number of carbonyl (C=O) groups is 1. The number of aromatic nitrogens is 5. The van der Waals surface area contributed by atoms with E-state index in [1.54, 1.807) is 11.0 Å². The first-order chi connectivity index (χ1) is 11.8. The molecule has 2 aromatic heterocycles. The molecule has 4 rings (SSSR count). The number of hydrogen-bond acceptors (Lipinski definition) is 6. The number of nitrogens with zero attached hydrogens (tertiary/aromatic N) is 7. The van der Waals surface area contributed by atoms with Gasteiger partial charge in [-0.2, -0.15) is 5.10 Å². The fourth-order valence-corrected chi connectivity index (χ4v) is 3.49. The van der Waals surface area contributed by atoms with Crippen molar-refractivity contribution in [2.45, 2.75) is 25.7 Å². The summed E-state index contributed by atoms with van der Waals surface area (Å²) in [4.78, 5) is 20.6. The molecule has 2 aliphatic rings. The normalized spacial score (nSPS) is 19.0. The van der Waals surface area contributed by atoms with Crippen LogP contribution in [0.25, 0.3) is 5.82 Å². The summed E-state index contributed by atoms with van der Waals surface area (Å²) in [6.07, 6.45) is 7.15. The summed E-state index contributed by atoms with van der Waals surface area (Å²) in [5.74, 6) is 2.02. The molecule has 2 fully saturated rings. The molecule has 0 spiro atoms. The topological polar surface area (TPSA) is 80.0 Å². The van der Waals surface area contributed by atoms with Crippen molar-refractivity contribution >= 4 is 11.7 Å². The smallest absolute Gasteiger partial charge is 0.225 e. The van der Waals surface area contributed by atoms with E-state index >= 15 is 0 Å². The Labute approximate surface area is 140 Å². The minimum Gasteiger partial charge on any atom is -0.355 e. The zero-order chi connectivity index (χ0) is 16.4. The average molecular weight is 327 g/mol. The average Bonchev–Trinajstić information content (AvgIpc) is 3.35. The molecule has 0 atom stereocenters. The third kappa shape index (κ3) is 2.95. The number of piperidine rings is 1. The van der Waals surface area contributed by atoms with Crippen molar-refractivity contribution in [1.29, 1.82) is 0 Å². The highest BCUT2D eigenvalue weighted by atomic mass is 16.2. The van der Waals surface area contributed by atoms with Gasteiger partial charge in [0.2, 0.25) is 5.91 Å². The number of amides is 1. The van der Waals surface area contributed by atoms with E-state index in [0.717, 1.165) is 57.7 Å². The second-order valence-corrected chi connectivity index (χ2v) is 6.38. The summed E-state index contributed by atoms with van der Waals surface area (Å²) in [6.45, 7) is 3.58. The van der Waals surface area contributed by atoms with Gasteiger partial charge in [-0.1, -0.05) is 0 Å². The van der Waals surface area contributed by atoms with E-state index in [2.05, 4.69) is 25.2 Å². The Morgan fingerprint density at radius 2 is 1.71 bits per heavy atom. The van der Waals surface area contributed by atoms with Crippen molar-refractivity contribution in [2.75, 3.05) is 31.1 Å². The fourth-order valence-electron chi connectivity index (χ4n) is 3.49. The molecular weight excluding hydrogens is 306 g/mol. The van der Waals surface area contributed by atoms with Crippen LogP contribution >= 0.6 is 0 Å². The molecule has 0 saturated carbocycles. The molecule has 126 valence electrons. The van der Waals surface area contributed by atoms with Crippen molar-refractivity contribution in [1.82, 2.24) is 29.9 Å². The highest BCUT2D eigenvalue weighted by molar-refractivity contribution is 5.79. The molecule has 0 radical (unpaired) electrons. The van der Waals surface area contributed by atoms with Crippen LogP contribution in [0, 0.1) is 5.92 Å². The van der Waals surface area contributed by atoms with Gasteiger partial charge in [0.25, 0.3) is 0 Å². The van der Waals surface area contributed by atoms with E-state index in [0.29, 0.717) is 11.7 Å². The maximum Gasteiger partial charge on any atom is 0.225 e. The number of likely N-dealkylation sites (tertiary alicyclic amines) is 1. The van der Waals surface area contributed by atoms with Gasteiger partial charge in [0.1, 0.15) is 12.7 Å². The van der Waals surface area contributed by atoms with Crippen molar-refractivity contribution in [3.8, 4) is 5.82 Å². The second kappa shape index (κ2) is 6.54. The second-order valence-electron chi connectivity index (χ2n) is 6.38. The van der Waals surface area contributed by atoms with Gasteiger partial charge in [-0.15, -0.1) is 10.2 Å². The van der Waals surface area contributed by atoms with Gasteiger partial charge < -0.3 is 9.80 Å². The number of anilines is 1. The van der Waals surface area contributed by atoms with Gasteiger partial charge in [0.05, 0.1) is 0 Å². The molecule has 2 aliphatic heterocycles. The van der Waals surface area contributed by atoms with E-state index in [4.69, 9.17) is 0 Å². The first kappa shape index (κ1) is 15.0. The minimum absolute atomic E-state index is 0.168. The molecular formula is C16H21N7O. The number of rotatable bonds is 3. The van der Waals surface area contributed by atoms with Crippen LogP contribution in [-0.2, 0) is 4.79 Å². The molecule has 0 unspecified atom stereocenters. The Kier molecular flexibility index (Phi) is 4.10. The lowest BCUT2D eigenvalue weighted by Gasteiger charge is -2.33. The molecule has 0 aromatic carbocycles. The van der Waals surface area contributed by atoms with Gasteiger partial charge >= 0.3 is 0 Å². The number of hydrogen-bond donors (Lipinski definition) is 0. The van der Waals surface area contributed by atoms with Gasteiger partial charge in [-0.25, -0.2) is 9.67 Å². The molecule has 0 N–H and O–H groups in total. The molecule has 8 heteroatoms. The SMILES string of the molecule is O=C(C1CCN(c2ccc(-n3cncn3)nn2)CC1)N1CCCC1. The van der Waals surface area contributed by atoms with E-state index in [9.17, 15) is 4.79 Å². The predicted molar refractivity (Wildman–Crippen MR) is 87.7 cm³/mol. The van der Waals surface area contributed by atoms with Gasteiger partial charge in [-0.05, 0) is 37.8 Å². The van der Waals surface area contributed by atoms with Crippen molar-refractivity contribution in [3.05, 3.63) is 24.8 Å². The molecule has 8 nitrogen and oxygen atoms in total. The van der Waals surface area contributed by atoms with Crippen LogP contribution in [0.2, 0.25) is 0 Å². The van der Waals surface area contributed by atoms with Crippen LogP contribution in [0.1, 0.15) is 25.7 Å². The highest BCUT2D eigenvalue weighted by Crippen LogP contribution is 2.24. The maximum atomic E-state index is 12.5. The highest BCUT2D eigenvalue weighted by Gasteiger charge is 2.30. The molecule has 4 heterocycles. The Balaban J connectivity index is 1.36. The molecule has 0 bridgehead atoms. The lowest BCUT2D eigenvalue weighted by atomic mass is 9.95. The third-order valence-corrected chi connectivity index (χ3v) is 4.88. The molecule has 2 aromatic rings. The maximum absolute atomic E-state index is 12.5. The Bertz CT molecular complexity index is 671. The van der Waals surface area contributed by atoms with Gasteiger partial charge in [0.15, 0.2) is 11.6 Å². The van der Waals surface area contributed by atoms with Crippen molar-refractivity contribution in [3.63, 3.8) is 0 Å². The standard InChI is InChI=1S/C16H21N7O/c24-16(22-7-1-2-8-22)13-5-9-21(10-6-13)14-3-4-15(20-19-14)23-12-17-11-18-23/h3-4,11-13H,1-2,5-10H2. The van der Waals surface area contributed by atoms with Crippen LogP contribution in [0.4, 0.5) is 5.82 Å². The summed E-state index contributed by atoms with van der Waals surface area (Å²) in [7, 11) is 0. The summed E-state index contributed by atoms with van der Waals surface area (Å²) < 4.78 is 1.58. The monoisotopic (exact) mass is 327 g/mol. The van der Waals surface area contributed by atoms with E-state index in [1.807, 2.05) is 17.0 Å². The molecule has 2 saturated heterocycles. The first-order valence-electron chi connectivity index (χ1n) is 8.54. The van der Waals surface area contributed by atoms with Crippen LogP contribution in [0.15, 0.2) is 24.8 Å². The molecule has 24 heavy (non-hydrogen) atoms.